The van der Waals surface area contributed by atoms with Gasteiger partial charge in [-0.25, -0.2) is 0 Å². The van der Waals surface area contributed by atoms with Crippen LogP contribution in [-0.2, 0) is 9.63 Å². The minimum atomic E-state index is -0.108. The van der Waals surface area contributed by atoms with Crippen LogP contribution in [0, 0.1) is 0 Å². The first kappa shape index (κ1) is 16.2. The molecule has 0 spiro atoms. The smallest absolute Gasteiger partial charge is 0.263 e. The van der Waals surface area contributed by atoms with Crippen molar-refractivity contribution in [2.24, 2.45) is 5.16 Å². The normalized spacial score (nSPS) is 10.6. The van der Waals surface area contributed by atoms with E-state index in [0.29, 0.717) is 18.1 Å². The molecule has 0 heterocycles. The van der Waals surface area contributed by atoms with E-state index in [2.05, 4.69) is 11.7 Å². The van der Waals surface area contributed by atoms with Crippen LogP contribution in [-0.4, -0.2) is 36.7 Å². The van der Waals surface area contributed by atoms with E-state index in [1.807, 2.05) is 26.0 Å². The molecule has 4 nitrogen and oxygen atoms in total. The number of hydrogen-bond donors (Lipinski definition) is 0. The Balaban J connectivity index is 2.40. The van der Waals surface area contributed by atoms with E-state index in [1.54, 1.807) is 23.2 Å². The zero-order valence-electron chi connectivity index (χ0n) is 11.8. The van der Waals surface area contributed by atoms with Crippen molar-refractivity contribution < 1.29 is 9.63 Å². The molecule has 108 valence electrons. The van der Waals surface area contributed by atoms with E-state index < -0.39 is 0 Å². The number of halogens is 1. The lowest BCUT2D eigenvalue weighted by molar-refractivity contribution is -0.135. The van der Waals surface area contributed by atoms with Crippen LogP contribution < -0.4 is 0 Å². The molecule has 0 aliphatic heterocycles. The highest BCUT2D eigenvalue weighted by Crippen LogP contribution is 2.07. The van der Waals surface area contributed by atoms with Gasteiger partial charge in [-0.05, 0) is 31.5 Å². The molecule has 0 saturated heterocycles. The van der Waals surface area contributed by atoms with Gasteiger partial charge in [0.25, 0.3) is 5.91 Å². The Hall–Kier alpha value is -1.81. The molecule has 1 rings (SSSR count). The Morgan fingerprint density at radius 1 is 1.45 bits per heavy atom. The third-order valence-corrected chi connectivity index (χ3v) is 2.78. The largest absolute Gasteiger partial charge is 0.386 e. The number of benzene rings is 1. The molecule has 0 saturated carbocycles. The molecular weight excluding hydrogens is 276 g/mol. The van der Waals surface area contributed by atoms with E-state index in [1.165, 1.54) is 0 Å². The summed E-state index contributed by atoms with van der Waals surface area (Å²) in [4.78, 5) is 18.5. The number of nitrogens with zero attached hydrogens (tertiary/aromatic N) is 2. The fourth-order valence-electron chi connectivity index (χ4n) is 1.53. The third kappa shape index (κ3) is 5.89. The van der Waals surface area contributed by atoms with Gasteiger partial charge >= 0.3 is 0 Å². The Morgan fingerprint density at radius 3 is 2.65 bits per heavy atom. The molecule has 20 heavy (non-hydrogen) atoms. The van der Waals surface area contributed by atoms with Crippen molar-refractivity contribution in [2.75, 3.05) is 19.7 Å². The molecule has 1 aromatic rings. The first-order chi connectivity index (χ1) is 9.52. The zero-order chi connectivity index (χ0) is 15.0. The Bertz CT molecular complexity index is 483. The van der Waals surface area contributed by atoms with Crippen LogP contribution in [0.25, 0.3) is 0 Å². The minimum absolute atomic E-state index is 0.0782. The van der Waals surface area contributed by atoms with E-state index >= 15 is 0 Å². The van der Waals surface area contributed by atoms with Gasteiger partial charge in [-0.3, -0.25) is 4.79 Å². The third-order valence-electron chi connectivity index (χ3n) is 2.53. The van der Waals surface area contributed by atoms with Gasteiger partial charge in [-0.2, -0.15) is 0 Å². The lowest BCUT2D eigenvalue weighted by Gasteiger charge is -2.19. The van der Waals surface area contributed by atoms with E-state index in [-0.39, 0.29) is 12.5 Å². The van der Waals surface area contributed by atoms with Crippen molar-refractivity contribution in [1.29, 1.82) is 0 Å². The molecule has 0 aliphatic rings. The molecular formula is C15H19ClN2O2. The first-order valence-electron chi connectivity index (χ1n) is 6.36. The summed E-state index contributed by atoms with van der Waals surface area (Å²) >= 11 is 5.77. The fourth-order valence-corrected chi connectivity index (χ4v) is 1.66. The zero-order valence-corrected chi connectivity index (χ0v) is 12.6. The standard InChI is InChI=1S/C15H19ClN2O2/c1-4-18(10-12(2)3)15(19)11-20-17-9-13-5-7-14(16)8-6-13/h5-9H,2,4,10-11H2,1,3H3. The van der Waals surface area contributed by atoms with E-state index in [9.17, 15) is 4.79 Å². The molecule has 1 aromatic carbocycles. The molecule has 0 atom stereocenters. The summed E-state index contributed by atoms with van der Waals surface area (Å²) in [6.45, 7) is 8.68. The van der Waals surface area contributed by atoms with Crippen LogP contribution in [0.2, 0.25) is 5.02 Å². The van der Waals surface area contributed by atoms with Gasteiger partial charge in [0.05, 0.1) is 6.21 Å². The second-order valence-corrected chi connectivity index (χ2v) is 4.86. The highest BCUT2D eigenvalue weighted by Gasteiger charge is 2.11. The quantitative estimate of drug-likeness (QED) is 0.440. The lowest BCUT2D eigenvalue weighted by Crippen LogP contribution is -2.34. The number of carbonyl (C=O) groups is 1. The molecule has 5 heteroatoms. The van der Waals surface area contributed by atoms with Crippen LogP contribution in [0.3, 0.4) is 0 Å². The molecule has 0 aliphatic carbocycles. The number of likely N-dealkylation sites (N-methyl/N-ethyl adjacent to an activating group) is 1. The van der Waals surface area contributed by atoms with Crippen molar-refractivity contribution in [3.05, 3.63) is 47.0 Å². The maximum absolute atomic E-state index is 11.8. The van der Waals surface area contributed by atoms with Crippen molar-refractivity contribution in [3.63, 3.8) is 0 Å². The molecule has 0 radical (unpaired) electrons. The summed E-state index contributed by atoms with van der Waals surface area (Å²) < 4.78 is 0. The summed E-state index contributed by atoms with van der Waals surface area (Å²) in [6.07, 6.45) is 1.54. The Labute approximate surface area is 124 Å². The van der Waals surface area contributed by atoms with Gasteiger partial charge in [0.15, 0.2) is 6.61 Å². The van der Waals surface area contributed by atoms with Crippen molar-refractivity contribution >= 4 is 23.7 Å². The number of carbonyl (C=O) groups excluding carboxylic acids is 1. The van der Waals surface area contributed by atoms with Crippen molar-refractivity contribution in [3.8, 4) is 0 Å². The Morgan fingerprint density at radius 2 is 2.10 bits per heavy atom. The molecule has 0 aromatic heterocycles. The number of oxime groups is 1. The maximum Gasteiger partial charge on any atom is 0.263 e. The molecule has 1 amide bonds. The number of hydrogen-bond acceptors (Lipinski definition) is 3. The monoisotopic (exact) mass is 294 g/mol. The summed E-state index contributed by atoms with van der Waals surface area (Å²) in [5.41, 5.74) is 1.79. The van der Waals surface area contributed by atoms with Crippen LogP contribution >= 0.6 is 11.6 Å². The predicted molar refractivity (Wildman–Crippen MR) is 82.1 cm³/mol. The van der Waals surface area contributed by atoms with E-state index in [4.69, 9.17) is 16.4 Å². The summed E-state index contributed by atoms with van der Waals surface area (Å²) in [5.74, 6) is -0.108. The van der Waals surface area contributed by atoms with E-state index in [0.717, 1.165) is 11.1 Å². The lowest BCUT2D eigenvalue weighted by atomic mass is 10.2. The van der Waals surface area contributed by atoms with Gasteiger partial charge in [0.1, 0.15) is 0 Å². The maximum atomic E-state index is 11.8. The summed E-state index contributed by atoms with van der Waals surface area (Å²) in [7, 11) is 0. The number of rotatable bonds is 7. The Kier molecular flexibility index (Phi) is 6.81. The molecule has 0 unspecified atom stereocenters. The highest BCUT2D eigenvalue weighted by atomic mass is 35.5. The average molecular weight is 295 g/mol. The summed E-state index contributed by atoms with van der Waals surface area (Å²) in [6, 6.07) is 7.16. The van der Waals surface area contributed by atoms with Crippen LogP contribution in [0.1, 0.15) is 19.4 Å². The fraction of sp³-hybridized carbons (Fsp3) is 0.333. The number of amides is 1. The van der Waals surface area contributed by atoms with Crippen molar-refractivity contribution in [1.82, 2.24) is 4.90 Å². The van der Waals surface area contributed by atoms with Gasteiger partial charge < -0.3 is 9.74 Å². The second-order valence-electron chi connectivity index (χ2n) is 4.42. The molecule has 0 fully saturated rings. The van der Waals surface area contributed by atoms with Gasteiger partial charge in [-0.15, -0.1) is 0 Å². The van der Waals surface area contributed by atoms with Gasteiger partial charge in [-0.1, -0.05) is 41.0 Å². The average Bonchev–Trinajstić information content (AvgIpc) is 2.42. The van der Waals surface area contributed by atoms with Crippen LogP contribution in [0.15, 0.2) is 41.6 Å². The minimum Gasteiger partial charge on any atom is -0.386 e. The van der Waals surface area contributed by atoms with Crippen LogP contribution in [0.5, 0.6) is 0 Å². The molecule has 0 N–H and O–H groups in total. The first-order valence-corrected chi connectivity index (χ1v) is 6.73. The van der Waals surface area contributed by atoms with Crippen LogP contribution in [0.4, 0.5) is 0 Å². The predicted octanol–water partition coefficient (Wildman–Crippen LogP) is 3.12. The van der Waals surface area contributed by atoms with Gasteiger partial charge in [0, 0.05) is 18.1 Å². The SMILES string of the molecule is C=C(C)CN(CC)C(=O)CON=Cc1ccc(Cl)cc1. The molecule has 0 bridgehead atoms. The highest BCUT2D eigenvalue weighted by molar-refractivity contribution is 6.30. The van der Waals surface area contributed by atoms with Crippen molar-refractivity contribution in [2.45, 2.75) is 13.8 Å². The summed E-state index contributed by atoms with van der Waals surface area (Å²) in [5, 5.41) is 4.43. The van der Waals surface area contributed by atoms with Gasteiger partial charge in [0.2, 0.25) is 0 Å². The topological polar surface area (TPSA) is 41.9 Å². The second kappa shape index (κ2) is 8.38.